The molecule has 0 spiro atoms. The Balaban J connectivity index is 1.44. The van der Waals surface area contributed by atoms with E-state index in [-0.39, 0.29) is 60.9 Å². The van der Waals surface area contributed by atoms with Crippen LogP contribution < -0.4 is 5.32 Å². The summed E-state index contributed by atoms with van der Waals surface area (Å²) < 4.78 is 62.3. The maximum absolute atomic E-state index is 14.5. The minimum absolute atomic E-state index is 0.0787. The van der Waals surface area contributed by atoms with Crippen LogP contribution in [0.5, 0.6) is 0 Å². The summed E-state index contributed by atoms with van der Waals surface area (Å²) in [5.74, 6) is -2.85. The topological polar surface area (TPSA) is 243 Å². The Morgan fingerprint density at radius 2 is 1.60 bits per heavy atom. The molecule has 19 heteroatoms. The van der Waals surface area contributed by atoms with E-state index < -0.39 is 118 Å². The zero-order valence-corrected chi connectivity index (χ0v) is 44.9. The van der Waals surface area contributed by atoms with Gasteiger partial charge in [-0.3, -0.25) is 9.59 Å². The molecule has 3 aliphatic heterocycles. The van der Waals surface area contributed by atoms with Crippen molar-refractivity contribution >= 4 is 21.7 Å². The van der Waals surface area contributed by atoms with Crippen LogP contribution >= 0.6 is 0 Å². The summed E-state index contributed by atoms with van der Waals surface area (Å²) in [5.41, 5.74) is -3.77. The van der Waals surface area contributed by atoms with Gasteiger partial charge in [0.05, 0.1) is 52.5 Å². The summed E-state index contributed by atoms with van der Waals surface area (Å²) in [7, 11) is 1.76. The van der Waals surface area contributed by atoms with E-state index in [1.807, 2.05) is 37.7 Å². The first-order chi connectivity index (χ1) is 32.4. The summed E-state index contributed by atoms with van der Waals surface area (Å²) in [6.07, 6.45) is -6.46. The van der Waals surface area contributed by atoms with Gasteiger partial charge in [-0.2, -0.15) is 0 Å². The van der Waals surface area contributed by atoms with E-state index in [1.165, 1.54) is 14.0 Å². The average Bonchev–Trinajstić information content (AvgIpc) is 4.14. The molecule has 1 aliphatic carbocycles. The van der Waals surface area contributed by atoms with E-state index in [1.54, 1.807) is 72.7 Å². The number of cyclic esters (lactones) is 1. The van der Waals surface area contributed by atoms with Gasteiger partial charge in [-0.05, 0) is 124 Å². The third kappa shape index (κ3) is 13.9. The minimum Gasteiger partial charge on any atom is -0.459 e. The lowest BCUT2D eigenvalue weighted by atomic mass is 9.77. The summed E-state index contributed by atoms with van der Waals surface area (Å²) in [5, 5.41) is 62.8. The SMILES string of the molecule is CC[C@H]1OC(=O)[C@H](C)[C@@H](O[C@H]2CC(C)(OC)[C@@H](O)[C@H](C)O2)[C@H](C)[C@@H](O[C@@H]2O[C@H](C)C[C@H](N(C)CCC(=O)N[C@@H](c3ccc(S(C)(=O)=O)cc3)C3CC3)[C@H]2O)C(C)(O)C[C@@H](C)CN(C)[C@H](C)[C@@H](O)C1(C)O. The molecular weight excluding hydrogens is 927 g/mol. The van der Waals surface area contributed by atoms with Crippen molar-refractivity contribution in [1.29, 1.82) is 0 Å². The predicted octanol–water partition coefficient (Wildman–Crippen LogP) is 3.33. The number of amides is 1. The van der Waals surface area contributed by atoms with Crippen molar-refractivity contribution in [3.05, 3.63) is 29.8 Å². The molecule has 1 saturated carbocycles. The molecule has 0 bridgehead atoms. The van der Waals surface area contributed by atoms with Gasteiger partial charge in [-0.15, -0.1) is 0 Å². The Kier molecular flexibility index (Phi) is 19.6. The molecule has 1 aromatic rings. The van der Waals surface area contributed by atoms with Crippen LogP contribution in [-0.4, -0.2) is 186 Å². The summed E-state index contributed by atoms with van der Waals surface area (Å²) in [6.45, 7) is 18.0. The molecule has 1 amide bonds. The number of sulfone groups is 1. The number of carbonyl (C=O) groups is 2. The Labute approximate surface area is 417 Å². The maximum atomic E-state index is 14.5. The highest BCUT2D eigenvalue weighted by Gasteiger charge is 2.53. The quantitative estimate of drug-likeness (QED) is 0.147. The van der Waals surface area contributed by atoms with Gasteiger partial charge in [-0.1, -0.05) is 32.9 Å². The smallest absolute Gasteiger partial charge is 0.311 e. The van der Waals surface area contributed by atoms with E-state index in [4.69, 9.17) is 28.4 Å². The largest absolute Gasteiger partial charge is 0.459 e. The first kappa shape index (κ1) is 58.5. The molecular formula is C51H87N3O15S. The van der Waals surface area contributed by atoms with Crippen LogP contribution in [-0.2, 0) is 47.8 Å². The molecule has 402 valence electrons. The Morgan fingerprint density at radius 3 is 2.17 bits per heavy atom. The van der Waals surface area contributed by atoms with E-state index in [0.29, 0.717) is 13.0 Å². The molecule has 18 nitrogen and oxygen atoms in total. The van der Waals surface area contributed by atoms with Crippen LogP contribution in [0.3, 0.4) is 0 Å². The highest BCUT2D eigenvalue weighted by atomic mass is 32.2. The molecule has 0 radical (unpaired) electrons. The molecule has 70 heavy (non-hydrogen) atoms. The van der Waals surface area contributed by atoms with E-state index >= 15 is 0 Å². The van der Waals surface area contributed by atoms with Gasteiger partial charge in [0.25, 0.3) is 0 Å². The van der Waals surface area contributed by atoms with Gasteiger partial charge < -0.3 is 69.1 Å². The van der Waals surface area contributed by atoms with Gasteiger partial charge in [-0.25, -0.2) is 8.42 Å². The number of ether oxygens (including phenoxy) is 6. The summed E-state index contributed by atoms with van der Waals surface area (Å²) in [4.78, 5) is 32.0. The fourth-order valence-corrected chi connectivity index (χ4v) is 11.8. The number of aliphatic hydroxyl groups excluding tert-OH is 3. The standard InChI is InChI=1S/C51H87N3O15S/c1-15-38-51(10,61)44(57)32(6)54(12)27-28(2)25-49(8,60)46(30(4)43(31(5)47(59)67-38)68-40-26-50(9,64-13)45(58)33(7)66-40)69-48-42(56)37(24-29(3)65-48)53(11)23-22-39(55)52-41(34-16-17-34)35-18-20-36(21-19-35)70(14,62)63/h18-21,28-34,37-38,40-46,48,56-58,60-61H,15-17,22-27H2,1-14H3,(H,52,55)/t28-,29-,30+,31-,32-,33+,37+,38-,40+,41-,42-,43+,44-,45+,46-,48+,49?,50?,51?/m1/s1. The van der Waals surface area contributed by atoms with E-state index in [9.17, 15) is 43.5 Å². The first-order valence-corrected chi connectivity index (χ1v) is 27.2. The number of likely N-dealkylation sites (N-methyl/N-ethyl adjacent to an activating group) is 2. The number of hydrogen-bond acceptors (Lipinski definition) is 17. The number of esters is 1. The molecule has 4 fully saturated rings. The molecule has 3 unspecified atom stereocenters. The van der Waals surface area contributed by atoms with Crippen LogP contribution in [0.4, 0.5) is 0 Å². The lowest BCUT2D eigenvalue weighted by Gasteiger charge is -2.49. The second-order valence-electron chi connectivity index (χ2n) is 22.2. The van der Waals surface area contributed by atoms with Gasteiger partial charge in [0.15, 0.2) is 22.4 Å². The number of nitrogens with one attached hydrogen (secondary N) is 1. The molecule has 3 saturated heterocycles. The van der Waals surface area contributed by atoms with Crippen molar-refractivity contribution in [1.82, 2.24) is 15.1 Å². The lowest BCUT2D eigenvalue weighted by Crippen LogP contribution is -2.61. The van der Waals surface area contributed by atoms with Crippen LogP contribution in [0.1, 0.15) is 126 Å². The zero-order chi connectivity index (χ0) is 52.4. The van der Waals surface area contributed by atoms with Crippen LogP contribution in [0.15, 0.2) is 29.2 Å². The normalized spacial score (nSPS) is 41.5. The number of aliphatic hydroxyl groups is 5. The van der Waals surface area contributed by atoms with Crippen LogP contribution in [0.2, 0.25) is 0 Å². The fraction of sp³-hybridized carbons (Fsp3) is 0.843. The minimum atomic E-state index is -3.37. The van der Waals surface area contributed by atoms with Crippen molar-refractivity contribution in [3.8, 4) is 0 Å². The molecule has 4 aliphatic rings. The number of hydrogen-bond donors (Lipinski definition) is 6. The van der Waals surface area contributed by atoms with Crippen molar-refractivity contribution in [2.24, 2.45) is 23.7 Å². The van der Waals surface area contributed by atoms with E-state index in [2.05, 4.69) is 5.32 Å². The number of benzene rings is 1. The Morgan fingerprint density at radius 1 is 0.971 bits per heavy atom. The number of nitrogens with zero attached hydrogens (tertiary/aromatic N) is 2. The van der Waals surface area contributed by atoms with Crippen molar-refractivity contribution in [2.75, 3.05) is 40.6 Å². The lowest BCUT2D eigenvalue weighted by molar-refractivity contribution is -0.318. The number of carbonyl (C=O) groups excluding carboxylic acids is 2. The number of methoxy groups -OCH3 is 1. The molecule has 5 rings (SSSR count). The average molecular weight is 1010 g/mol. The molecule has 0 aromatic heterocycles. The second kappa shape index (κ2) is 23.4. The second-order valence-corrected chi connectivity index (χ2v) is 24.2. The van der Waals surface area contributed by atoms with Crippen molar-refractivity contribution < 1.29 is 72.0 Å². The summed E-state index contributed by atoms with van der Waals surface area (Å²) in [6, 6.07) is 5.23. The highest BCUT2D eigenvalue weighted by Crippen LogP contribution is 2.42. The molecule has 19 atom stereocenters. The van der Waals surface area contributed by atoms with Crippen LogP contribution in [0.25, 0.3) is 0 Å². The maximum Gasteiger partial charge on any atom is 0.311 e. The first-order valence-electron chi connectivity index (χ1n) is 25.3. The van der Waals surface area contributed by atoms with Crippen molar-refractivity contribution in [2.45, 2.75) is 215 Å². The van der Waals surface area contributed by atoms with Gasteiger partial charge in [0, 0.05) is 57.3 Å². The van der Waals surface area contributed by atoms with E-state index in [0.717, 1.165) is 24.7 Å². The number of rotatable bonds is 14. The third-order valence-electron chi connectivity index (χ3n) is 15.9. The Bertz CT molecular complexity index is 1990. The summed E-state index contributed by atoms with van der Waals surface area (Å²) >= 11 is 0. The molecule has 6 N–H and O–H groups in total. The fourth-order valence-electron chi connectivity index (χ4n) is 11.2. The van der Waals surface area contributed by atoms with Gasteiger partial charge in [0.1, 0.15) is 30.0 Å². The van der Waals surface area contributed by atoms with Gasteiger partial charge in [0.2, 0.25) is 5.91 Å². The van der Waals surface area contributed by atoms with Crippen LogP contribution in [0, 0.1) is 23.7 Å². The van der Waals surface area contributed by atoms with Crippen molar-refractivity contribution in [3.63, 3.8) is 0 Å². The molecule has 1 aromatic carbocycles. The molecule has 3 heterocycles. The third-order valence-corrected chi connectivity index (χ3v) is 17.0. The highest BCUT2D eigenvalue weighted by molar-refractivity contribution is 7.90. The monoisotopic (exact) mass is 1010 g/mol. The zero-order valence-electron chi connectivity index (χ0n) is 44.1. The Hall–Kier alpha value is -2.37. The predicted molar refractivity (Wildman–Crippen MR) is 261 cm³/mol. The van der Waals surface area contributed by atoms with Gasteiger partial charge >= 0.3 is 5.97 Å².